The van der Waals surface area contributed by atoms with Crippen molar-refractivity contribution in [2.75, 3.05) is 0 Å². The smallest absolute Gasteiger partial charge is 0.326 e. The number of Topliss-reactive ketones (excluding diaryl/α,β-unsaturated/α-hetero) is 1. The maximum Gasteiger partial charge on any atom is 0.326 e. The highest BCUT2D eigenvalue weighted by Crippen LogP contribution is 2.28. The Morgan fingerprint density at radius 3 is 2.57 bits per heavy atom. The van der Waals surface area contributed by atoms with E-state index in [9.17, 15) is 19.5 Å². The highest BCUT2D eigenvalue weighted by atomic mass is 16.5. The third-order valence-electron chi connectivity index (χ3n) is 3.78. The summed E-state index contributed by atoms with van der Waals surface area (Å²) in [4.78, 5) is 37.4. The predicted octanol–water partition coefficient (Wildman–Crippen LogP) is 0.799. The monoisotopic (exact) mass is 325 g/mol. The average Bonchev–Trinajstić information content (AvgIpc) is 3.32. The van der Waals surface area contributed by atoms with Crippen molar-refractivity contribution in [2.45, 2.75) is 64.2 Å². The van der Waals surface area contributed by atoms with Crippen LogP contribution in [0.15, 0.2) is 0 Å². The molecule has 0 spiro atoms. The summed E-state index contributed by atoms with van der Waals surface area (Å²) < 4.78 is 5.69. The Morgan fingerprint density at radius 1 is 1.43 bits per heavy atom. The first-order chi connectivity index (χ1) is 10.9. The molecule has 23 heavy (non-hydrogen) atoms. The lowest BCUT2D eigenvalue weighted by Gasteiger charge is -2.24. The number of nitrogens with zero attached hydrogens (tertiary/aromatic N) is 2. The van der Waals surface area contributed by atoms with E-state index in [0.717, 1.165) is 19.3 Å². The molecule has 0 radical (unpaired) electrons. The first-order valence-corrected chi connectivity index (χ1v) is 7.77. The van der Waals surface area contributed by atoms with Crippen molar-refractivity contribution in [1.82, 2.24) is 5.32 Å². The summed E-state index contributed by atoms with van der Waals surface area (Å²) in [5.74, 6) is -2.24. The SMILES string of the molecule is CC[C@@H](C)[C@H](OC1CC1)C(=O)NC(CCC(=O)C=[N+]=[N-])C(=O)O. The van der Waals surface area contributed by atoms with Gasteiger partial charge in [-0.2, -0.15) is 4.79 Å². The Kier molecular flexibility index (Phi) is 7.57. The van der Waals surface area contributed by atoms with Gasteiger partial charge >= 0.3 is 12.2 Å². The quantitative estimate of drug-likeness (QED) is 0.330. The largest absolute Gasteiger partial charge is 0.480 e. The van der Waals surface area contributed by atoms with Gasteiger partial charge in [-0.1, -0.05) is 20.3 Å². The second-order valence-corrected chi connectivity index (χ2v) is 5.79. The second-order valence-electron chi connectivity index (χ2n) is 5.79. The molecular formula is C15H23N3O5. The number of carbonyl (C=O) groups excluding carboxylic acids is 2. The molecule has 2 N–H and O–H groups in total. The lowest BCUT2D eigenvalue weighted by atomic mass is 10.00. The Labute approximate surface area is 134 Å². The van der Waals surface area contributed by atoms with E-state index in [4.69, 9.17) is 10.3 Å². The maximum atomic E-state index is 12.3. The molecule has 1 aliphatic rings. The summed E-state index contributed by atoms with van der Waals surface area (Å²) in [5.41, 5.74) is 8.25. The van der Waals surface area contributed by atoms with E-state index in [-0.39, 0.29) is 24.9 Å². The number of ketones is 1. The number of amides is 1. The Balaban J connectivity index is 2.64. The predicted molar refractivity (Wildman–Crippen MR) is 80.8 cm³/mol. The third-order valence-corrected chi connectivity index (χ3v) is 3.78. The zero-order chi connectivity index (χ0) is 17.4. The minimum atomic E-state index is -1.22. The fraction of sp³-hybridized carbons (Fsp3) is 0.733. The first-order valence-electron chi connectivity index (χ1n) is 7.77. The first kappa shape index (κ1) is 19.0. The number of hydrogen-bond donors (Lipinski definition) is 2. The molecular weight excluding hydrogens is 302 g/mol. The van der Waals surface area contributed by atoms with Gasteiger partial charge in [-0.3, -0.25) is 9.59 Å². The van der Waals surface area contributed by atoms with Crippen molar-refractivity contribution in [3.05, 3.63) is 5.53 Å². The fourth-order valence-electron chi connectivity index (χ4n) is 2.01. The van der Waals surface area contributed by atoms with Crippen molar-refractivity contribution in [3.8, 4) is 0 Å². The number of rotatable bonds is 11. The molecule has 128 valence electrons. The van der Waals surface area contributed by atoms with Gasteiger partial charge in [-0.05, 0) is 25.2 Å². The molecule has 1 fully saturated rings. The van der Waals surface area contributed by atoms with E-state index in [0.29, 0.717) is 6.21 Å². The summed E-state index contributed by atoms with van der Waals surface area (Å²) in [6.45, 7) is 3.81. The molecule has 1 aliphatic carbocycles. The van der Waals surface area contributed by atoms with Gasteiger partial charge in [0.1, 0.15) is 12.1 Å². The number of carbonyl (C=O) groups is 3. The van der Waals surface area contributed by atoms with E-state index in [1.54, 1.807) is 0 Å². The highest BCUT2D eigenvalue weighted by Gasteiger charge is 2.34. The van der Waals surface area contributed by atoms with Gasteiger partial charge in [0.2, 0.25) is 11.7 Å². The van der Waals surface area contributed by atoms with Crippen LogP contribution < -0.4 is 5.32 Å². The van der Waals surface area contributed by atoms with Crippen molar-refractivity contribution >= 4 is 23.9 Å². The van der Waals surface area contributed by atoms with E-state index in [2.05, 4.69) is 10.1 Å². The van der Waals surface area contributed by atoms with Crippen LogP contribution in [-0.4, -0.2) is 52.0 Å². The number of ether oxygens (including phenoxy) is 1. The van der Waals surface area contributed by atoms with E-state index in [1.807, 2.05) is 13.8 Å². The van der Waals surface area contributed by atoms with Crippen LogP contribution in [0.1, 0.15) is 46.0 Å². The number of aliphatic carboxylic acids is 1. The van der Waals surface area contributed by atoms with Crippen molar-refractivity contribution in [2.24, 2.45) is 5.92 Å². The highest BCUT2D eigenvalue weighted by molar-refractivity contribution is 6.25. The Morgan fingerprint density at radius 2 is 2.09 bits per heavy atom. The minimum Gasteiger partial charge on any atom is -0.480 e. The summed E-state index contributed by atoms with van der Waals surface area (Å²) in [6, 6.07) is -1.19. The van der Waals surface area contributed by atoms with Crippen molar-refractivity contribution < 1.29 is 29.0 Å². The molecule has 0 aromatic rings. The molecule has 0 aromatic carbocycles. The van der Waals surface area contributed by atoms with Gasteiger partial charge < -0.3 is 20.7 Å². The van der Waals surface area contributed by atoms with Gasteiger partial charge in [-0.15, -0.1) is 0 Å². The Bertz CT molecular complexity index is 497. The van der Waals surface area contributed by atoms with Crippen LogP contribution in [0, 0.1) is 5.92 Å². The number of carboxylic acid groups (broad SMARTS) is 1. The average molecular weight is 325 g/mol. The van der Waals surface area contributed by atoms with Crippen molar-refractivity contribution in [1.29, 1.82) is 0 Å². The Hall–Kier alpha value is -2.05. The van der Waals surface area contributed by atoms with Crippen LogP contribution in [0.2, 0.25) is 0 Å². The second kappa shape index (κ2) is 9.17. The third kappa shape index (κ3) is 6.71. The fourth-order valence-corrected chi connectivity index (χ4v) is 2.01. The van der Waals surface area contributed by atoms with Gasteiger partial charge in [0.05, 0.1) is 6.10 Å². The van der Waals surface area contributed by atoms with Crippen LogP contribution in [0.25, 0.3) is 5.53 Å². The van der Waals surface area contributed by atoms with Gasteiger partial charge in [0.15, 0.2) is 0 Å². The maximum absolute atomic E-state index is 12.3. The topological polar surface area (TPSA) is 129 Å². The van der Waals surface area contributed by atoms with Crippen LogP contribution in [0.5, 0.6) is 0 Å². The molecule has 1 amide bonds. The van der Waals surface area contributed by atoms with Gasteiger partial charge in [-0.25, -0.2) is 4.79 Å². The molecule has 0 heterocycles. The zero-order valence-electron chi connectivity index (χ0n) is 13.4. The van der Waals surface area contributed by atoms with Crippen LogP contribution in [0.4, 0.5) is 0 Å². The van der Waals surface area contributed by atoms with Gasteiger partial charge in [0.25, 0.3) is 0 Å². The molecule has 1 unspecified atom stereocenters. The van der Waals surface area contributed by atoms with E-state index >= 15 is 0 Å². The van der Waals surface area contributed by atoms with Crippen molar-refractivity contribution in [3.63, 3.8) is 0 Å². The number of nitrogens with one attached hydrogen (secondary N) is 1. The normalized spacial score (nSPS) is 17.5. The lowest BCUT2D eigenvalue weighted by molar-refractivity contribution is -0.146. The molecule has 0 aromatic heterocycles. The molecule has 8 heteroatoms. The van der Waals surface area contributed by atoms with Crippen LogP contribution in [-0.2, 0) is 19.1 Å². The molecule has 0 saturated heterocycles. The molecule has 0 aliphatic heterocycles. The summed E-state index contributed by atoms with van der Waals surface area (Å²) in [5, 5.41) is 11.6. The zero-order valence-corrected chi connectivity index (χ0v) is 13.4. The van der Waals surface area contributed by atoms with Gasteiger partial charge in [0, 0.05) is 6.42 Å². The minimum absolute atomic E-state index is 0.0341. The lowest BCUT2D eigenvalue weighted by Crippen LogP contribution is -2.48. The van der Waals surface area contributed by atoms with Crippen LogP contribution in [0.3, 0.4) is 0 Å². The molecule has 3 atom stereocenters. The standard InChI is InChI=1S/C15H23N3O5/c1-3-9(2)13(23-11-5-6-11)14(20)18-12(15(21)22)7-4-10(19)8-17-16/h8-9,11-13H,3-7H2,1-2H3,(H,18,20)(H,21,22)/t9-,12?,13+/m1/s1. The van der Waals surface area contributed by atoms with Crippen LogP contribution >= 0.6 is 0 Å². The summed E-state index contributed by atoms with van der Waals surface area (Å²) >= 11 is 0. The number of hydrogen-bond acceptors (Lipinski definition) is 4. The molecule has 1 saturated carbocycles. The molecule has 1 rings (SSSR count). The van der Waals surface area contributed by atoms with E-state index in [1.165, 1.54) is 0 Å². The number of carboxylic acids is 1. The molecule has 0 bridgehead atoms. The molecule has 8 nitrogen and oxygen atoms in total. The summed E-state index contributed by atoms with van der Waals surface area (Å²) in [7, 11) is 0. The summed E-state index contributed by atoms with van der Waals surface area (Å²) in [6.07, 6.45) is 2.43. The van der Waals surface area contributed by atoms with E-state index < -0.39 is 29.8 Å².